The SMILES string of the molecule is Cc1cccc(-c2n[nH]c(=S)n2CC(=O)N(Cc2ccc(C(C)C)cc2)C2CC2)c1. The summed E-state index contributed by atoms with van der Waals surface area (Å²) in [4.78, 5) is 15.3. The number of rotatable bonds is 7. The van der Waals surface area contributed by atoms with E-state index in [4.69, 9.17) is 12.2 Å². The largest absolute Gasteiger partial charge is 0.334 e. The minimum atomic E-state index is 0.0804. The van der Waals surface area contributed by atoms with Crippen LogP contribution in [0.2, 0.25) is 0 Å². The second-order valence-electron chi connectivity index (χ2n) is 8.46. The minimum Gasteiger partial charge on any atom is -0.334 e. The highest BCUT2D eigenvalue weighted by molar-refractivity contribution is 7.71. The van der Waals surface area contributed by atoms with Crippen LogP contribution in [-0.2, 0) is 17.9 Å². The van der Waals surface area contributed by atoms with E-state index in [2.05, 4.69) is 54.4 Å². The number of benzene rings is 2. The number of hydrogen-bond acceptors (Lipinski definition) is 3. The summed E-state index contributed by atoms with van der Waals surface area (Å²) in [5, 5.41) is 7.24. The van der Waals surface area contributed by atoms with Gasteiger partial charge in [0.25, 0.3) is 0 Å². The molecule has 1 N–H and O–H groups in total. The molecule has 1 heterocycles. The van der Waals surface area contributed by atoms with Crippen LogP contribution in [-0.4, -0.2) is 31.6 Å². The van der Waals surface area contributed by atoms with E-state index in [1.165, 1.54) is 5.56 Å². The maximum absolute atomic E-state index is 13.3. The molecule has 156 valence electrons. The standard InChI is InChI=1S/C24H28N4OS/c1-16(2)19-9-7-18(8-10-19)14-27(21-11-12-21)22(29)15-28-23(25-26-24(28)30)20-6-4-5-17(3)13-20/h4-10,13,16,21H,11-12,14-15H2,1-3H3,(H,26,30). The number of aromatic nitrogens is 3. The van der Waals surface area contributed by atoms with Gasteiger partial charge in [-0.2, -0.15) is 5.10 Å². The fourth-order valence-electron chi connectivity index (χ4n) is 3.71. The van der Waals surface area contributed by atoms with E-state index in [0.717, 1.165) is 29.5 Å². The lowest BCUT2D eigenvalue weighted by molar-refractivity contribution is -0.133. The van der Waals surface area contributed by atoms with Crippen LogP contribution in [0.15, 0.2) is 48.5 Å². The molecule has 0 unspecified atom stereocenters. The molecule has 1 saturated carbocycles. The fourth-order valence-corrected chi connectivity index (χ4v) is 3.90. The van der Waals surface area contributed by atoms with E-state index in [-0.39, 0.29) is 12.5 Å². The molecule has 0 bridgehead atoms. The Bertz CT molecular complexity index is 1090. The second-order valence-corrected chi connectivity index (χ2v) is 8.84. The summed E-state index contributed by atoms with van der Waals surface area (Å²) in [7, 11) is 0. The Morgan fingerprint density at radius 1 is 1.23 bits per heavy atom. The lowest BCUT2D eigenvalue weighted by Crippen LogP contribution is -2.35. The Balaban J connectivity index is 1.55. The number of H-pyrrole nitrogens is 1. The maximum Gasteiger partial charge on any atom is 0.243 e. The summed E-state index contributed by atoms with van der Waals surface area (Å²) in [6, 6.07) is 17.0. The van der Waals surface area contributed by atoms with Crippen molar-refractivity contribution in [2.45, 2.75) is 58.7 Å². The van der Waals surface area contributed by atoms with Gasteiger partial charge >= 0.3 is 0 Å². The molecule has 1 aliphatic carbocycles. The highest BCUT2D eigenvalue weighted by Gasteiger charge is 2.33. The highest BCUT2D eigenvalue weighted by atomic mass is 32.1. The van der Waals surface area contributed by atoms with Gasteiger partial charge in [0.15, 0.2) is 10.6 Å². The van der Waals surface area contributed by atoms with E-state index in [9.17, 15) is 4.79 Å². The lowest BCUT2D eigenvalue weighted by Gasteiger charge is -2.23. The average Bonchev–Trinajstić information content (AvgIpc) is 3.50. The molecule has 6 heteroatoms. The Kier molecular flexibility index (Phi) is 5.86. The number of carbonyl (C=O) groups excluding carboxylic acids is 1. The predicted octanol–water partition coefficient (Wildman–Crippen LogP) is 5.23. The predicted molar refractivity (Wildman–Crippen MR) is 122 cm³/mol. The third-order valence-corrected chi connectivity index (χ3v) is 5.95. The van der Waals surface area contributed by atoms with Crippen molar-refractivity contribution in [2.75, 3.05) is 0 Å². The summed E-state index contributed by atoms with van der Waals surface area (Å²) in [6.45, 7) is 7.25. The molecular weight excluding hydrogens is 392 g/mol. The van der Waals surface area contributed by atoms with Crippen LogP contribution in [0.3, 0.4) is 0 Å². The summed E-state index contributed by atoms with van der Waals surface area (Å²) >= 11 is 5.43. The van der Waals surface area contributed by atoms with Crippen LogP contribution < -0.4 is 0 Å². The molecule has 1 amide bonds. The molecule has 30 heavy (non-hydrogen) atoms. The van der Waals surface area contributed by atoms with Crippen molar-refractivity contribution in [1.29, 1.82) is 0 Å². The van der Waals surface area contributed by atoms with Gasteiger partial charge in [0.2, 0.25) is 5.91 Å². The van der Waals surface area contributed by atoms with Crippen LogP contribution >= 0.6 is 12.2 Å². The zero-order valence-electron chi connectivity index (χ0n) is 17.8. The van der Waals surface area contributed by atoms with Crippen molar-refractivity contribution in [3.63, 3.8) is 0 Å². The summed E-state index contributed by atoms with van der Waals surface area (Å²) < 4.78 is 2.28. The molecule has 0 saturated heterocycles. The summed E-state index contributed by atoms with van der Waals surface area (Å²) in [5.74, 6) is 1.29. The third kappa shape index (κ3) is 4.54. The number of nitrogens with one attached hydrogen (secondary N) is 1. The van der Waals surface area contributed by atoms with Crippen molar-refractivity contribution in [3.8, 4) is 11.4 Å². The molecule has 0 atom stereocenters. The monoisotopic (exact) mass is 420 g/mol. The number of carbonyl (C=O) groups is 1. The first-order valence-corrected chi connectivity index (χ1v) is 10.9. The Labute approximate surface area is 182 Å². The van der Waals surface area contributed by atoms with Gasteiger partial charge in [0.1, 0.15) is 6.54 Å². The van der Waals surface area contributed by atoms with Crippen LogP contribution in [0.1, 0.15) is 49.3 Å². The highest BCUT2D eigenvalue weighted by Crippen LogP contribution is 2.29. The zero-order chi connectivity index (χ0) is 21.3. The molecular formula is C24H28N4OS. The maximum atomic E-state index is 13.3. The minimum absolute atomic E-state index is 0.0804. The Morgan fingerprint density at radius 3 is 2.60 bits per heavy atom. The van der Waals surface area contributed by atoms with Crippen molar-refractivity contribution in [1.82, 2.24) is 19.7 Å². The van der Waals surface area contributed by atoms with Gasteiger partial charge in [-0.3, -0.25) is 14.5 Å². The van der Waals surface area contributed by atoms with Crippen LogP contribution in [0.5, 0.6) is 0 Å². The van der Waals surface area contributed by atoms with Crippen molar-refractivity contribution >= 4 is 18.1 Å². The fraction of sp³-hybridized carbons (Fsp3) is 0.375. The van der Waals surface area contributed by atoms with E-state index in [1.807, 2.05) is 34.6 Å². The van der Waals surface area contributed by atoms with Gasteiger partial charge in [0.05, 0.1) is 0 Å². The molecule has 0 spiro atoms. The molecule has 1 aliphatic rings. The van der Waals surface area contributed by atoms with Crippen LogP contribution in [0.25, 0.3) is 11.4 Å². The van der Waals surface area contributed by atoms with E-state index in [1.54, 1.807) is 0 Å². The van der Waals surface area contributed by atoms with Gasteiger partial charge in [-0.25, -0.2) is 0 Å². The lowest BCUT2D eigenvalue weighted by atomic mass is 10.0. The van der Waals surface area contributed by atoms with E-state index in [0.29, 0.717) is 29.1 Å². The first-order valence-electron chi connectivity index (χ1n) is 10.5. The summed E-state index contributed by atoms with van der Waals surface area (Å²) in [6.07, 6.45) is 2.13. The molecule has 1 fully saturated rings. The summed E-state index contributed by atoms with van der Waals surface area (Å²) in [5.41, 5.74) is 4.58. The number of aromatic amines is 1. The topological polar surface area (TPSA) is 53.9 Å². The number of aryl methyl sites for hydroxylation is 1. The number of amides is 1. The van der Waals surface area contributed by atoms with Crippen LogP contribution in [0, 0.1) is 11.7 Å². The quantitative estimate of drug-likeness (QED) is 0.533. The molecule has 3 aromatic rings. The van der Waals surface area contributed by atoms with Crippen molar-refractivity contribution in [2.24, 2.45) is 0 Å². The Hall–Kier alpha value is -2.73. The van der Waals surface area contributed by atoms with E-state index >= 15 is 0 Å². The third-order valence-electron chi connectivity index (χ3n) is 5.64. The van der Waals surface area contributed by atoms with Gasteiger partial charge in [-0.15, -0.1) is 0 Å². The zero-order valence-corrected chi connectivity index (χ0v) is 18.6. The van der Waals surface area contributed by atoms with Gasteiger partial charge in [-0.1, -0.05) is 61.9 Å². The van der Waals surface area contributed by atoms with E-state index < -0.39 is 0 Å². The molecule has 2 aromatic carbocycles. The first-order chi connectivity index (χ1) is 14.4. The normalized spacial score (nSPS) is 13.6. The van der Waals surface area contributed by atoms with Crippen molar-refractivity contribution < 1.29 is 4.79 Å². The Morgan fingerprint density at radius 2 is 1.97 bits per heavy atom. The molecule has 5 nitrogen and oxygen atoms in total. The smallest absolute Gasteiger partial charge is 0.243 e. The molecule has 1 aromatic heterocycles. The van der Waals surface area contributed by atoms with Gasteiger partial charge < -0.3 is 4.90 Å². The first kappa shape index (κ1) is 20.5. The number of hydrogen-bond donors (Lipinski definition) is 1. The molecule has 0 radical (unpaired) electrons. The molecule has 0 aliphatic heterocycles. The van der Waals surface area contributed by atoms with Crippen molar-refractivity contribution in [3.05, 3.63) is 70.0 Å². The number of nitrogens with zero attached hydrogens (tertiary/aromatic N) is 3. The van der Waals surface area contributed by atoms with Gasteiger partial charge in [0, 0.05) is 18.2 Å². The average molecular weight is 421 g/mol. The van der Waals surface area contributed by atoms with Crippen LogP contribution in [0.4, 0.5) is 0 Å². The van der Waals surface area contributed by atoms with Gasteiger partial charge in [-0.05, 0) is 55.1 Å². The second kappa shape index (κ2) is 8.56. The molecule has 4 rings (SSSR count).